The second-order valence-electron chi connectivity index (χ2n) is 3.97. The van der Waals surface area contributed by atoms with Crippen LogP contribution in [0.15, 0.2) is 21.1 Å². The zero-order chi connectivity index (χ0) is 11.6. The molecule has 0 radical (unpaired) electrons. The number of rotatable bonds is 3. The molecule has 0 spiro atoms. The fraction of sp³-hybridized carbons (Fsp3) is 0.600. The van der Waals surface area contributed by atoms with E-state index in [-0.39, 0.29) is 8.65 Å². The van der Waals surface area contributed by atoms with Crippen LogP contribution in [-0.4, -0.2) is 8.65 Å². The molecule has 0 saturated carbocycles. The minimum atomic E-state index is -0.0206. The summed E-state index contributed by atoms with van der Waals surface area (Å²) in [6.07, 6.45) is 4.09. The summed E-state index contributed by atoms with van der Waals surface area (Å²) in [4.78, 5) is 0. The molecule has 0 fully saturated rings. The Hall–Kier alpha value is 1.40. The van der Waals surface area contributed by atoms with Gasteiger partial charge in [0.05, 0.1) is 8.65 Å². The van der Waals surface area contributed by atoms with Gasteiger partial charge in [0.25, 0.3) is 0 Å². The lowest BCUT2D eigenvalue weighted by molar-refractivity contribution is 0.901. The zero-order valence-electron chi connectivity index (χ0n) is 8.67. The average molecular weight is 454 g/mol. The molecule has 14 heavy (non-hydrogen) atoms. The number of allylic oxidation sites excluding steroid dienone is 4. The first-order chi connectivity index (χ1) is 6.05. The van der Waals surface area contributed by atoms with E-state index in [1.54, 1.807) is 0 Å². The second-order valence-corrected chi connectivity index (χ2v) is 9.65. The molecule has 0 bridgehead atoms. The van der Waals surface area contributed by atoms with Crippen molar-refractivity contribution in [3.05, 3.63) is 21.1 Å². The van der Waals surface area contributed by atoms with Crippen LogP contribution in [0.5, 0.6) is 0 Å². The van der Waals surface area contributed by atoms with E-state index in [2.05, 4.69) is 91.4 Å². The van der Waals surface area contributed by atoms with Crippen LogP contribution in [0, 0.1) is 0 Å². The van der Waals surface area contributed by atoms with Crippen LogP contribution in [0.1, 0.15) is 27.7 Å². The highest BCUT2D eigenvalue weighted by Gasteiger charge is 2.18. The topological polar surface area (TPSA) is 0 Å². The molecule has 82 valence electrons. The van der Waals surface area contributed by atoms with Crippen molar-refractivity contribution in [2.45, 2.75) is 36.3 Å². The molecule has 0 rings (SSSR count). The van der Waals surface area contributed by atoms with E-state index in [4.69, 9.17) is 0 Å². The maximum atomic E-state index is 3.57. The van der Waals surface area contributed by atoms with E-state index in [0.29, 0.717) is 0 Å². The molecule has 0 amide bonds. The third kappa shape index (κ3) is 6.09. The SMILES string of the molecule is CC(C)(Br)/C(Br)=C/C=C(\Br)C(C)(C)Br. The molecule has 0 N–H and O–H groups in total. The Bertz CT molecular complexity index is 222. The van der Waals surface area contributed by atoms with Gasteiger partial charge in [-0.25, -0.2) is 0 Å². The van der Waals surface area contributed by atoms with Gasteiger partial charge in [-0.1, -0.05) is 63.7 Å². The van der Waals surface area contributed by atoms with Gasteiger partial charge in [-0.2, -0.15) is 0 Å². The molecule has 0 saturated heterocycles. The third-order valence-corrected chi connectivity index (χ3v) is 5.94. The largest absolute Gasteiger partial charge is 0.0802 e. The zero-order valence-corrected chi connectivity index (χ0v) is 15.0. The molecule has 0 aliphatic carbocycles. The Morgan fingerprint density at radius 2 is 1.00 bits per heavy atom. The fourth-order valence-electron chi connectivity index (χ4n) is 0.543. The highest BCUT2D eigenvalue weighted by molar-refractivity contribution is 9.14. The quantitative estimate of drug-likeness (QED) is 0.369. The predicted molar refractivity (Wildman–Crippen MR) is 80.0 cm³/mol. The first-order valence-corrected chi connectivity index (χ1v) is 7.34. The predicted octanol–water partition coefficient (Wildman–Crippen LogP) is 5.89. The van der Waals surface area contributed by atoms with E-state index >= 15 is 0 Å². The second kappa shape index (κ2) is 5.65. The minimum absolute atomic E-state index is 0.0206. The van der Waals surface area contributed by atoms with Crippen LogP contribution in [0.2, 0.25) is 0 Å². The monoisotopic (exact) mass is 450 g/mol. The minimum Gasteiger partial charge on any atom is -0.0802 e. The third-order valence-electron chi connectivity index (χ3n) is 1.51. The van der Waals surface area contributed by atoms with Crippen LogP contribution in [0.25, 0.3) is 0 Å². The highest BCUT2D eigenvalue weighted by atomic mass is 79.9. The molecule has 0 aliphatic rings. The van der Waals surface area contributed by atoms with Gasteiger partial charge in [-0.3, -0.25) is 0 Å². The summed E-state index contributed by atoms with van der Waals surface area (Å²) in [6, 6.07) is 0. The fourth-order valence-corrected chi connectivity index (χ4v) is 1.07. The van der Waals surface area contributed by atoms with Crippen molar-refractivity contribution in [1.82, 2.24) is 0 Å². The van der Waals surface area contributed by atoms with Crippen molar-refractivity contribution >= 4 is 63.7 Å². The molecular weight excluding hydrogens is 440 g/mol. The molecular formula is C10H14Br4. The Morgan fingerprint density at radius 1 is 0.786 bits per heavy atom. The Morgan fingerprint density at radius 3 is 1.14 bits per heavy atom. The molecule has 0 aromatic heterocycles. The van der Waals surface area contributed by atoms with Crippen LogP contribution < -0.4 is 0 Å². The van der Waals surface area contributed by atoms with Gasteiger partial charge < -0.3 is 0 Å². The van der Waals surface area contributed by atoms with Gasteiger partial charge in [0.2, 0.25) is 0 Å². The van der Waals surface area contributed by atoms with E-state index in [1.165, 1.54) is 0 Å². The van der Waals surface area contributed by atoms with E-state index in [1.807, 2.05) is 12.2 Å². The Balaban J connectivity index is 4.73. The molecule has 0 aromatic carbocycles. The van der Waals surface area contributed by atoms with Gasteiger partial charge in [0.15, 0.2) is 0 Å². The van der Waals surface area contributed by atoms with Gasteiger partial charge >= 0.3 is 0 Å². The van der Waals surface area contributed by atoms with Crippen molar-refractivity contribution in [1.29, 1.82) is 0 Å². The maximum absolute atomic E-state index is 3.57. The van der Waals surface area contributed by atoms with Crippen LogP contribution in [0.3, 0.4) is 0 Å². The maximum Gasteiger partial charge on any atom is 0.0515 e. The summed E-state index contributed by atoms with van der Waals surface area (Å²) in [5.41, 5.74) is 0. The lowest BCUT2D eigenvalue weighted by Crippen LogP contribution is -2.10. The Kier molecular flexibility index (Phi) is 6.21. The van der Waals surface area contributed by atoms with Gasteiger partial charge in [0.1, 0.15) is 0 Å². The standard InChI is InChI=1S/C10H14Br4/c1-9(2,13)7(11)5-6-8(12)10(3,4)14/h5-6H,1-4H3/b7-5-,8-6-. The van der Waals surface area contributed by atoms with Crippen molar-refractivity contribution in [2.75, 3.05) is 0 Å². The summed E-state index contributed by atoms with van der Waals surface area (Å²) in [6.45, 7) is 8.37. The van der Waals surface area contributed by atoms with Gasteiger partial charge in [0, 0.05) is 8.96 Å². The van der Waals surface area contributed by atoms with Crippen molar-refractivity contribution < 1.29 is 0 Å². The molecule has 0 heterocycles. The van der Waals surface area contributed by atoms with Gasteiger partial charge in [-0.05, 0) is 39.8 Å². The van der Waals surface area contributed by atoms with Crippen molar-refractivity contribution in [2.24, 2.45) is 0 Å². The van der Waals surface area contributed by atoms with E-state index < -0.39 is 0 Å². The van der Waals surface area contributed by atoms with Crippen LogP contribution >= 0.6 is 63.7 Å². The van der Waals surface area contributed by atoms with Crippen molar-refractivity contribution in [3.8, 4) is 0 Å². The van der Waals surface area contributed by atoms with Gasteiger partial charge in [-0.15, -0.1) is 0 Å². The molecule has 0 aromatic rings. The molecule has 4 heteroatoms. The first kappa shape index (κ1) is 15.4. The summed E-state index contributed by atoms with van der Waals surface area (Å²) in [7, 11) is 0. The Labute approximate surface area is 120 Å². The normalized spacial score (nSPS) is 16.0. The summed E-state index contributed by atoms with van der Waals surface area (Å²) in [5, 5.41) is 0. The number of alkyl halides is 2. The molecule has 0 aliphatic heterocycles. The van der Waals surface area contributed by atoms with Crippen LogP contribution in [-0.2, 0) is 0 Å². The lowest BCUT2D eigenvalue weighted by atomic mass is 10.1. The molecule has 0 unspecified atom stereocenters. The highest BCUT2D eigenvalue weighted by Crippen LogP contribution is 2.33. The molecule has 0 atom stereocenters. The first-order valence-electron chi connectivity index (χ1n) is 4.17. The van der Waals surface area contributed by atoms with E-state index in [9.17, 15) is 0 Å². The van der Waals surface area contributed by atoms with E-state index in [0.717, 1.165) is 8.96 Å². The van der Waals surface area contributed by atoms with Crippen molar-refractivity contribution in [3.63, 3.8) is 0 Å². The smallest absolute Gasteiger partial charge is 0.0515 e. The summed E-state index contributed by atoms with van der Waals surface area (Å²) < 4.78 is 2.18. The summed E-state index contributed by atoms with van der Waals surface area (Å²) >= 11 is 14.2. The lowest BCUT2D eigenvalue weighted by Gasteiger charge is -2.17. The molecule has 0 nitrogen and oxygen atoms in total. The number of halogens is 4. The average Bonchev–Trinajstić information content (AvgIpc) is 1.95. The number of hydrogen-bond acceptors (Lipinski definition) is 0. The van der Waals surface area contributed by atoms with Crippen LogP contribution in [0.4, 0.5) is 0 Å². The number of hydrogen-bond donors (Lipinski definition) is 0. The summed E-state index contributed by atoms with van der Waals surface area (Å²) in [5.74, 6) is 0.